The molecule has 23 heavy (non-hydrogen) atoms. The Morgan fingerprint density at radius 1 is 1.39 bits per heavy atom. The van der Waals surface area contributed by atoms with Crippen LogP contribution < -0.4 is 0 Å². The number of ether oxygens (including phenoxy) is 2. The second-order valence-electron chi connectivity index (χ2n) is 7.54. The summed E-state index contributed by atoms with van der Waals surface area (Å²) in [5, 5.41) is 0. The number of allylic oxidation sites excluding steroid dienone is 5. The van der Waals surface area contributed by atoms with Gasteiger partial charge in [0.05, 0.1) is 6.61 Å². The molecular weight excluding hydrogens is 284 g/mol. The molecule has 0 bridgehead atoms. The summed E-state index contributed by atoms with van der Waals surface area (Å²) in [5.74, 6) is 1.76. The molecule has 0 saturated carbocycles. The zero-order valence-electron chi connectivity index (χ0n) is 15.6. The molecule has 1 fully saturated rings. The van der Waals surface area contributed by atoms with Gasteiger partial charge in [-0.1, -0.05) is 36.3 Å². The molecule has 0 aromatic heterocycles. The van der Waals surface area contributed by atoms with Gasteiger partial charge in [0.25, 0.3) is 0 Å². The molecule has 0 spiro atoms. The van der Waals surface area contributed by atoms with Crippen molar-refractivity contribution in [2.75, 3.05) is 13.7 Å². The van der Waals surface area contributed by atoms with Gasteiger partial charge in [0, 0.05) is 13.0 Å². The minimum absolute atomic E-state index is 0.0597. The normalized spacial score (nSPS) is 29.5. The van der Waals surface area contributed by atoms with Crippen molar-refractivity contribution in [2.45, 2.75) is 66.1 Å². The summed E-state index contributed by atoms with van der Waals surface area (Å²) in [6, 6.07) is 0. The first kappa shape index (κ1) is 18.5. The van der Waals surface area contributed by atoms with E-state index in [1.54, 1.807) is 7.11 Å². The van der Waals surface area contributed by atoms with E-state index < -0.39 is 0 Å². The van der Waals surface area contributed by atoms with Gasteiger partial charge >= 0.3 is 0 Å². The minimum Gasteiger partial charge on any atom is -0.355 e. The number of hydrogen-bond acceptors (Lipinski definition) is 2. The molecule has 1 heterocycles. The molecule has 2 aliphatic rings. The quantitative estimate of drug-likeness (QED) is 0.609. The lowest BCUT2D eigenvalue weighted by atomic mass is 9.74. The van der Waals surface area contributed by atoms with Crippen LogP contribution in [0.25, 0.3) is 0 Å². The second-order valence-corrected chi connectivity index (χ2v) is 7.54. The van der Waals surface area contributed by atoms with Crippen molar-refractivity contribution in [3.63, 3.8) is 0 Å². The monoisotopic (exact) mass is 318 g/mol. The zero-order valence-corrected chi connectivity index (χ0v) is 15.6. The zero-order chi connectivity index (χ0) is 16.8. The van der Waals surface area contributed by atoms with Gasteiger partial charge in [-0.15, -0.1) is 0 Å². The molecule has 0 aromatic carbocycles. The number of methoxy groups -OCH3 is 1. The van der Waals surface area contributed by atoms with Crippen molar-refractivity contribution in [1.29, 1.82) is 0 Å². The Morgan fingerprint density at radius 3 is 2.87 bits per heavy atom. The van der Waals surface area contributed by atoms with Crippen molar-refractivity contribution < 1.29 is 9.47 Å². The van der Waals surface area contributed by atoms with Crippen molar-refractivity contribution in [1.82, 2.24) is 0 Å². The van der Waals surface area contributed by atoms with E-state index in [0.717, 1.165) is 13.0 Å². The van der Waals surface area contributed by atoms with Gasteiger partial charge in [0.2, 0.25) is 0 Å². The first-order valence-electron chi connectivity index (χ1n) is 9.15. The Bertz CT molecular complexity index is 468. The highest BCUT2D eigenvalue weighted by molar-refractivity contribution is 5.18. The fourth-order valence-corrected chi connectivity index (χ4v) is 4.01. The van der Waals surface area contributed by atoms with Gasteiger partial charge in [-0.05, 0) is 70.3 Å². The van der Waals surface area contributed by atoms with Crippen LogP contribution in [0.1, 0.15) is 59.8 Å². The van der Waals surface area contributed by atoms with Crippen molar-refractivity contribution >= 4 is 0 Å². The van der Waals surface area contributed by atoms with E-state index in [-0.39, 0.29) is 6.29 Å². The van der Waals surface area contributed by atoms with Gasteiger partial charge in [-0.3, -0.25) is 0 Å². The second kappa shape index (κ2) is 8.84. The summed E-state index contributed by atoms with van der Waals surface area (Å²) in [6.07, 6.45) is 13.0. The molecule has 4 atom stereocenters. The number of rotatable bonds is 5. The van der Waals surface area contributed by atoms with Gasteiger partial charge in [0.15, 0.2) is 6.29 Å². The lowest BCUT2D eigenvalue weighted by Gasteiger charge is -2.32. The van der Waals surface area contributed by atoms with E-state index in [9.17, 15) is 0 Å². The van der Waals surface area contributed by atoms with E-state index >= 15 is 0 Å². The van der Waals surface area contributed by atoms with Gasteiger partial charge < -0.3 is 9.47 Å². The summed E-state index contributed by atoms with van der Waals surface area (Å²) < 4.78 is 11.6. The maximum Gasteiger partial charge on any atom is 0.164 e. The number of fused-ring (bicyclic) bond motifs is 1. The van der Waals surface area contributed by atoms with Crippen LogP contribution in [0.4, 0.5) is 0 Å². The molecule has 4 unspecified atom stereocenters. The fraction of sp³-hybridized carbons (Fsp3) is 0.714. The Labute approximate surface area is 142 Å². The first-order chi connectivity index (χ1) is 11.0. The van der Waals surface area contributed by atoms with Crippen LogP contribution in [-0.2, 0) is 9.47 Å². The van der Waals surface area contributed by atoms with E-state index in [1.807, 2.05) is 0 Å². The third-order valence-electron chi connectivity index (χ3n) is 5.45. The summed E-state index contributed by atoms with van der Waals surface area (Å²) >= 11 is 0. The first-order valence-corrected chi connectivity index (χ1v) is 9.15. The van der Waals surface area contributed by atoms with Crippen LogP contribution >= 0.6 is 0 Å². The van der Waals surface area contributed by atoms with Crippen molar-refractivity contribution in [2.24, 2.45) is 17.8 Å². The van der Waals surface area contributed by atoms with E-state index in [1.165, 1.54) is 42.4 Å². The summed E-state index contributed by atoms with van der Waals surface area (Å²) in [6.45, 7) is 9.81. The van der Waals surface area contributed by atoms with E-state index in [0.29, 0.717) is 17.8 Å². The Kier molecular flexibility index (Phi) is 7.10. The SMILES string of the molecule is COC1OCC2=CCC=C(C)CCC(C(C)CCC=C(C)C)C21. The van der Waals surface area contributed by atoms with Crippen LogP contribution in [0.15, 0.2) is 34.9 Å². The van der Waals surface area contributed by atoms with E-state index in [4.69, 9.17) is 9.47 Å². The van der Waals surface area contributed by atoms with Crippen LogP contribution in [0, 0.1) is 17.8 Å². The summed E-state index contributed by atoms with van der Waals surface area (Å²) in [4.78, 5) is 0. The van der Waals surface area contributed by atoms with Crippen LogP contribution in [-0.4, -0.2) is 20.0 Å². The summed E-state index contributed by atoms with van der Waals surface area (Å²) in [5.41, 5.74) is 4.41. The number of hydrogen-bond donors (Lipinski definition) is 0. The van der Waals surface area contributed by atoms with Gasteiger partial charge in [0.1, 0.15) is 0 Å². The molecule has 1 aliphatic heterocycles. The molecule has 2 rings (SSSR count). The highest BCUT2D eigenvalue weighted by Gasteiger charge is 2.40. The predicted octanol–water partition coefficient (Wildman–Crippen LogP) is 5.66. The highest BCUT2D eigenvalue weighted by atomic mass is 16.7. The average molecular weight is 319 g/mol. The Balaban J connectivity index is 2.17. The van der Waals surface area contributed by atoms with Crippen molar-refractivity contribution in [3.8, 4) is 0 Å². The molecule has 1 saturated heterocycles. The molecule has 2 nitrogen and oxygen atoms in total. The van der Waals surface area contributed by atoms with Gasteiger partial charge in [-0.2, -0.15) is 0 Å². The Hall–Kier alpha value is -0.860. The third-order valence-corrected chi connectivity index (χ3v) is 5.45. The molecule has 0 radical (unpaired) electrons. The van der Waals surface area contributed by atoms with Crippen LogP contribution in [0.5, 0.6) is 0 Å². The third kappa shape index (κ3) is 5.06. The standard InChI is InChI=1S/C21H34O2/c1-15(2)8-6-10-17(4)19-13-12-16(3)9-7-11-18-14-23-21(22-5)20(18)19/h8-9,11,17,19-21H,6-7,10,12-14H2,1-5H3. The minimum atomic E-state index is -0.0597. The maximum absolute atomic E-state index is 5.93. The molecule has 2 heteroatoms. The Morgan fingerprint density at radius 2 is 2.17 bits per heavy atom. The van der Waals surface area contributed by atoms with E-state index in [2.05, 4.69) is 45.9 Å². The predicted molar refractivity (Wildman–Crippen MR) is 97.2 cm³/mol. The smallest absolute Gasteiger partial charge is 0.164 e. The lowest BCUT2D eigenvalue weighted by molar-refractivity contribution is -0.123. The molecule has 0 amide bonds. The topological polar surface area (TPSA) is 18.5 Å². The molecule has 0 aromatic rings. The van der Waals surface area contributed by atoms with Crippen molar-refractivity contribution in [3.05, 3.63) is 34.9 Å². The largest absolute Gasteiger partial charge is 0.355 e. The van der Waals surface area contributed by atoms with Crippen LogP contribution in [0.2, 0.25) is 0 Å². The maximum atomic E-state index is 5.93. The molecular formula is C21H34O2. The lowest BCUT2D eigenvalue weighted by Crippen LogP contribution is -2.31. The average Bonchev–Trinajstić information content (AvgIpc) is 2.91. The molecule has 1 aliphatic carbocycles. The molecule has 130 valence electrons. The fourth-order valence-electron chi connectivity index (χ4n) is 4.01. The highest BCUT2D eigenvalue weighted by Crippen LogP contribution is 2.42. The summed E-state index contributed by atoms with van der Waals surface area (Å²) in [7, 11) is 1.79. The van der Waals surface area contributed by atoms with Gasteiger partial charge in [-0.25, -0.2) is 0 Å². The molecule has 0 N–H and O–H groups in total. The van der Waals surface area contributed by atoms with Crippen LogP contribution in [0.3, 0.4) is 0 Å².